The molecule has 0 amide bonds. The molecule has 1 unspecified atom stereocenters. The molecule has 0 heterocycles. The van der Waals surface area contributed by atoms with Gasteiger partial charge < -0.3 is 5.32 Å². The van der Waals surface area contributed by atoms with E-state index in [1.165, 1.54) is 44.9 Å². The molecule has 1 nitrogen and oxygen atoms in total. The van der Waals surface area contributed by atoms with E-state index in [-0.39, 0.29) is 0 Å². The molecule has 84 valence electrons. The Hall–Kier alpha value is -0.0400. The molecular formula is C13H27N. The zero-order valence-corrected chi connectivity index (χ0v) is 10.2. The number of hydrogen-bond donors (Lipinski definition) is 1. The summed E-state index contributed by atoms with van der Waals surface area (Å²) >= 11 is 0. The van der Waals surface area contributed by atoms with Crippen molar-refractivity contribution in [2.24, 2.45) is 5.41 Å². The van der Waals surface area contributed by atoms with Crippen molar-refractivity contribution in [3.63, 3.8) is 0 Å². The second-order valence-electron chi connectivity index (χ2n) is 4.82. The van der Waals surface area contributed by atoms with Crippen LogP contribution in [0.4, 0.5) is 0 Å². The van der Waals surface area contributed by atoms with Gasteiger partial charge in [-0.2, -0.15) is 0 Å². The molecule has 14 heavy (non-hydrogen) atoms. The van der Waals surface area contributed by atoms with E-state index in [1.54, 1.807) is 0 Å². The average molecular weight is 197 g/mol. The largest absolute Gasteiger partial charge is 0.314 e. The first-order valence-corrected chi connectivity index (χ1v) is 6.52. The molecule has 1 fully saturated rings. The van der Waals surface area contributed by atoms with E-state index >= 15 is 0 Å². The summed E-state index contributed by atoms with van der Waals surface area (Å²) in [5.74, 6) is 0. The molecule has 0 aliphatic heterocycles. The lowest BCUT2D eigenvalue weighted by Crippen LogP contribution is -2.43. The van der Waals surface area contributed by atoms with Gasteiger partial charge in [0.2, 0.25) is 0 Å². The predicted molar refractivity (Wildman–Crippen MR) is 63.6 cm³/mol. The van der Waals surface area contributed by atoms with Crippen molar-refractivity contribution >= 4 is 0 Å². The summed E-state index contributed by atoms with van der Waals surface area (Å²) in [6, 6.07) is 0.782. The fraction of sp³-hybridized carbons (Fsp3) is 1.00. The fourth-order valence-electron chi connectivity index (χ4n) is 3.19. The lowest BCUT2D eigenvalue weighted by Gasteiger charge is -2.37. The predicted octanol–water partition coefficient (Wildman–Crippen LogP) is 3.74. The molecule has 0 radical (unpaired) electrons. The molecule has 0 aromatic rings. The second kappa shape index (κ2) is 5.75. The van der Waals surface area contributed by atoms with Crippen LogP contribution in [-0.2, 0) is 0 Å². The minimum Gasteiger partial charge on any atom is -0.314 e. The Balaban J connectivity index is 2.61. The maximum absolute atomic E-state index is 3.72. The maximum Gasteiger partial charge on any atom is 0.0123 e. The van der Waals surface area contributed by atoms with E-state index in [0.29, 0.717) is 5.41 Å². The Labute approximate surface area is 89.7 Å². The summed E-state index contributed by atoms with van der Waals surface area (Å²) in [5.41, 5.74) is 0.645. The van der Waals surface area contributed by atoms with Crippen molar-refractivity contribution in [2.75, 3.05) is 6.54 Å². The number of rotatable bonds is 6. The Kier molecular flexibility index (Phi) is 4.94. The fourth-order valence-corrected chi connectivity index (χ4v) is 3.19. The molecule has 1 N–H and O–H groups in total. The van der Waals surface area contributed by atoms with E-state index in [2.05, 4.69) is 26.1 Å². The van der Waals surface area contributed by atoms with Crippen LogP contribution in [0.2, 0.25) is 0 Å². The number of hydrogen-bond acceptors (Lipinski definition) is 1. The molecule has 1 rings (SSSR count). The highest BCUT2D eigenvalue weighted by Crippen LogP contribution is 2.45. The van der Waals surface area contributed by atoms with Crippen molar-refractivity contribution in [2.45, 2.75) is 71.8 Å². The summed E-state index contributed by atoms with van der Waals surface area (Å²) in [7, 11) is 0. The van der Waals surface area contributed by atoms with Gasteiger partial charge in [-0.3, -0.25) is 0 Å². The molecule has 1 saturated carbocycles. The van der Waals surface area contributed by atoms with E-state index < -0.39 is 0 Å². The van der Waals surface area contributed by atoms with Gasteiger partial charge >= 0.3 is 0 Å². The molecule has 0 saturated heterocycles. The van der Waals surface area contributed by atoms with Crippen molar-refractivity contribution < 1.29 is 0 Å². The molecular weight excluding hydrogens is 170 g/mol. The average Bonchev–Trinajstić information content (AvgIpc) is 2.67. The summed E-state index contributed by atoms with van der Waals surface area (Å²) in [6.07, 6.45) is 9.88. The van der Waals surface area contributed by atoms with Gasteiger partial charge in [-0.1, -0.05) is 40.0 Å². The van der Waals surface area contributed by atoms with Crippen LogP contribution in [0.25, 0.3) is 0 Å². The Bertz CT molecular complexity index is 141. The summed E-state index contributed by atoms with van der Waals surface area (Å²) in [4.78, 5) is 0. The van der Waals surface area contributed by atoms with Gasteiger partial charge in [0.25, 0.3) is 0 Å². The van der Waals surface area contributed by atoms with Gasteiger partial charge in [-0.05, 0) is 37.6 Å². The molecule has 0 bridgehead atoms. The topological polar surface area (TPSA) is 12.0 Å². The lowest BCUT2D eigenvalue weighted by molar-refractivity contribution is 0.177. The first-order valence-electron chi connectivity index (χ1n) is 6.52. The van der Waals surface area contributed by atoms with Gasteiger partial charge in [-0.15, -0.1) is 0 Å². The second-order valence-corrected chi connectivity index (χ2v) is 4.82. The standard InChI is InChI=1S/C13H27N/c1-4-9-12(14-6-3)13(5-2)10-7-8-11-13/h12,14H,4-11H2,1-3H3. The van der Waals surface area contributed by atoms with Crippen molar-refractivity contribution in [1.82, 2.24) is 5.32 Å². The maximum atomic E-state index is 3.72. The van der Waals surface area contributed by atoms with Crippen LogP contribution >= 0.6 is 0 Å². The van der Waals surface area contributed by atoms with Gasteiger partial charge in [-0.25, -0.2) is 0 Å². The summed E-state index contributed by atoms with van der Waals surface area (Å²) < 4.78 is 0. The summed E-state index contributed by atoms with van der Waals surface area (Å²) in [6.45, 7) is 8.06. The molecule has 1 atom stereocenters. The van der Waals surface area contributed by atoms with Gasteiger partial charge in [0.1, 0.15) is 0 Å². The van der Waals surface area contributed by atoms with E-state index in [0.717, 1.165) is 12.6 Å². The van der Waals surface area contributed by atoms with Gasteiger partial charge in [0.15, 0.2) is 0 Å². The van der Waals surface area contributed by atoms with E-state index in [9.17, 15) is 0 Å². The first-order chi connectivity index (χ1) is 6.79. The normalized spacial score (nSPS) is 22.5. The SMILES string of the molecule is CCCC(NCC)C1(CC)CCCC1. The monoisotopic (exact) mass is 197 g/mol. The third kappa shape index (κ3) is 2.50. The third-order valence-electron chi connectivity index (χ3n) is 4.07. The van der Waals surface area contributed by atoms with E-state index in [4.69, 9.17) is 0 Å². The van der Waals surface area contributed by atoms with Crippen LogP contribution in [0, 0.1) is 5.41 Å². The molecule has 1 aliphatic rings. The van der Waals surface area contributed by atoms with Crippen molar-refractivity contribution in [1.29, 1.82) is 0 Å². The van der Waals surface area contributed by atoms with Crippen LogP contribution in [0.5, 0.6) is 0 Å². The molecule has 0 aromatic carbocycles. The Morgan fingerprint density at radius 1 is 1.14 bits per heavy atom. The molecule has 0 spiro atoms. The highest BCUT2D eigenvalue weighted by atomic mass is 14.9. The minimum atomic E-state index is 0.645. The van der Waals surface area contributed by atoms with Gasteiger partial charge in [0, 0.05) is 6.04 Å². The third-order valence-corrected chi connectivity index (χ3v) is 4.07. The molecule has 1 aliphatic carbocycles. The van der Waals surface area contributed by atoms with Crippen molar-refractivity contribution in [3.05, 3.63) is 0 Å². The van der Waals surface area contributed by atoms with Crippen LogP contribution in [0.1, 0.15) is 65.7 Å². The van der Waals surface area contributed by atoms with Crippen LogP contribution < -0.4 is 5.32 Å². The Morgan fingerprint density at radius 2 is 1.79 bits per heavy atom. The minimum absolute atomic E-state index is 0.645. The lowest BCUT2D eigenvalue weighted by atomic mass is 9.74. The quantitative estimate of drug-likeness (QED) is 0.684. The van der Waals surface area contributed by atoms with E-state index in [1.807, 2.05) is 0 Å². The van der Waals surface area contributed by atoms with Gasteiger partial charge in [0.05, 0.1) is 0 Å². The van der Waals surface area contributed by atoms with Crippen LogP contribution in [0.3, 0.4) is 0 Å². The van der Waals surface area contributed by atoms with Crippen LogP contribution in [0.15, 0.2) is 0 Å². The molecule has 1 heteroatoms. The Morgan fingerprint density at radius 3 is 2.21 bits per heavy atom. The highest BCUT2D eigenvalue weighted by molar-refractivity contribution is 4.93. The zero-order valence-electron chi connectivity index (χ0n) is 10.2. The highest BCUT2D eigenvalue weighted by Gasteiger charge is 2.38. The molecule has 0 aromatic heterocycles. The smallest absolute Gasteiger partial charge is 0.0123 e. The van der Waals surface area contributed by atoms with Crippen LogP contribution in [-0.4, -0.2) is 12.6 Å². The zero-order chi connectivity index (χ0) is 10.4. The first kappa shape index (κ1) is 12.0. The summed E-state index contributed by atoms with van der Waals surface area (Å²) in [5, 5.41) is 3.72. The van der Waals surface area contributed by atoms with Crippen molar-refractivity contribution in [3.8, 4) is 0 Å². The number of nitrogens with one attached hydrogen (secondary N) is 1.